The maximum atomic E-state index is 12.2. The lowest BCUT2D eigenvalue weighted by atomic mass is 10.1. The van der Waals surface area contributed by atoms with Crippen LogP contribution in [-0.4, -0.2) is 27.6 Å². The first-order valence-electron chi connectivity index (χ1n) is 6.73. The number of carbonyl (C=O) groups is 1. The molecule has 0 aliphatic rings. The van der Waals surface area contributed by atoms with Gasteiger partial charge in [0.25, 0.3) is 0 Å². The highest BCUT2D eigenvalue weighted by atomic mass is 32.2. The third kappa shape index (κ3) is 5.43. The lowest BCUT2D eigenvalue weighted by Crippen LogP contribution is -2.45. The zero-order valence-electron chi connectivity index (χ0n) is 12.5. The summed E-state index contributed by atoms with van der Waals surface area (Å²) in [6, 6.07) is 9.03. The van der Waals surface area contributed by atoms with E-state index in [0.717, 1.165) is 5.56 Å². The van der Waals surface area contributed by atoms with E-state index in [2.05, 4.69) is 4.72 Å². The third-order valence-electron chi connectivity index (χ3n) is 2.66. The second-order valence-electron chi connectivity index (χ2n) is 5.49. The topological polar surface area (TPSA) is 55.4 Å². The van der Waals surface area contributed by atoms with Crippen molar-refractivity contribution < 1.29 is 13.7 Å². The molecule has 0 bridgehead atoms. The van der Waals surface area contributed by atoms with Crippen LogP contribution in [0, 0.1) is 0 Å². The third-order valence-corrected chi connectivity index (χ3v) is 4.27. The molecule has 0 saturated heterocycles. The predicted molar refractivity (Wildman–Crippen MR) is 81.6 cm³/mol. The molecule has 1 N–H and O–H groups in total. The van der Waals surface area contributed by atoms with Crippen molar-refractivity contribution in [3.63, 3.8) is 0 Å². The second kappa shape index (κ2) is 7.55. The van der Waals surface area contributed by atoms with Crippen LogP contribution < -0.4 is 4.72 Å². The zero-order chi connectivity index (χ0) is 15.2. The van der Waals surface area contributed by atoms with Crippen molar-refractivity contribution in [2.45, 2.75) is 44.9 Å². The summed E-state index contributed by atoms with van der Waals surface area (Å²) in [5.41, 5.74) is 1.00. The number of esters is 1. The lowest BCUT2D eigenvalue weighted by Gasteiger charge is -2.23. The van der Waals surface area contributed by atoms with E-state index in [1.807, 2.05) is 51.1 Å². The van der Waals surface area contributed by atoms with Gasteiger partial charge in [0.15, 0.2) is 0 Å². The van der Waals surface area contributed by atoms with Gasteiger partial charge in [-0.3, -0.25) is 4.79 Å². The number of ether oxygens (including phenoxy) is 1. The van der Waals surface area contributed by atoms with Crippen molar-refractivity contribution >= 4 is 17.0 Å². The Bertz CT molecular complexity index is 454. The molecule has 1 aromatic carbocycles. The van der Waals surface area contributed by atoms with Gasteiger partial charge in [-0.25, -0.2) is 8.93 Å². The largest absolute Gasteiger partial charge is 0.465 e. The fraction of sp³-hybridized carbons (Fsp3) is 0.533. The molecule has 4 nitrogen and oxygen atoms in total. The molecule has 5 heteroatoms. The van der Waals surface area contributed by atoms with Gasteiger partial charge in [0, 0.05) is 0 Å². The van der Waals surface area contributed by atoms with E-state index in [1.54, 1.807) is 6.92 Å². The van der Waals surface area contributed by atoms with E-state index < -0.39 is 21.8 Å². The molecule has 0 fully saturated rings. The Morgan fingerprint density at radius 2 is 1.90 bits per heavy atom. The maximum absolute atomic E-state index is 12.2. The van der Waals surface area contributed by atoms with Gasteiger partial charge < -0.3 is 4.74 Å². The molecule has 112 valence electrons. The predicted octanol–water partition coefficient (Wildman–Crippen LogP) is 2.21. The summed E-state index contributed by atoms with van der Waals surface area (Å²) in [5.74, 6) is -0.367. The van der Waals surface area contributed by atoms with Crippen LogP contribution in [0.5, 0.6) is 0 Å². The molecule has 1 aromatic rings. The van der Waals surface area contributed by atoms with Gasteiger partial charge in [-0.15, -0.1) is 0 Å². The van der Waals surface area contributed by atoms with Gasteiger partial charge >= 0.3 is 5.97 Å². The van der Waals surface area contributed by atoms with E-state index >= 15 is 0 Å². The van der Waals surface area contributed by atoms with Crippen LogP contribution in [0.15, 0.2) is 30.3 Å². The Kier molecular flexibility index (Phi) is 6.36. The fourth-order valence-corrected chi connectivity index (χ4v) is 2.36. The van der Waals surface area contributed by atoms with Crippen LogP contribution >= 0.6 is 0 Å². The SMILES string of the molecule is CCOC(=O)C(Cc1ccccc1)NS(=O)C(C)(C)C. The van der Waals surface area contributed by atoms with Crippen LogP contribution in [0.1, 0.15) is 33.3 Å². The molecule has 0 aliphatic heterocycles. The quantitative estimate of drug-likeness (QED) is 0.819. The summed E-state index contributed by atoms with van der Waals surface area (Å²) in [7, 11) is -1.32. The van der Waals surface area contributed by atoms with Crippen molar-refractivity contribution in [3.8, 4) is 0 Å². The Hall–Kier alpha value is -1.20. The second-order valence-corrected chi connectivity index (χ2v) is 7.49. The van der Waals surface area contributed by atoms with E-state index in [-0.39, 0.29) is 5.97 Å². The summed E-state index contributed by atoms with van der Waals surface area (Å²) < 4.78 is 19.7. The van der Waals surface area contributed by atoms with Gasteiger partial charge in [0.05, 0.1) is 22.3 Å². The zero-order valence-corrected chi connectivity index (χ0v) is 13.3. The minimum Gasteiger partial charge on any atom is -0.465 e. The first kappa shape index (κ1) is 16.9. The Balaban J connectivity index is 2.81. The molecular weight excluding hydrogens is 274 g/mol. The van der Waals surface area contributed by atoms with Crippen molar-refractivity contribution in [3.05, 3.63) is 35.9 Å². The molecule has 0 saturated carbocycles. The van der Waals surface area contributed by atoms with E-state index in [9.17, 15) is 9.00 Å². The molecule has 2 atom stereocenters. The van der Waals surface area contributed by atoms with Crippen molar-refractivity contribution in [2.24, 2.45) is 0 Å². The van der Waals surface area contributed by atoms with Crippen molar-refractivity contribution in [1.82, 2.24) is 4.72 Å². The normalized spacial score (nSPS) is 14.6. The number of benzene rings is 1. The van der Waals surface area contributed by atoms with E-state index in [1.165, 1.54) is 0 Å². The summed E-state index contributed by atoms with van der Waals surface area (Å²) >= 11 is 0. The number of carbonyl (C=O) groups excluding carboxylic acids is 1. The van der Waals surface area contributed by atoms with Crippen LogP contribution in [0.3, 0.4) is 0 Å². The van der Waals surface area contributed by atoms with Crippen LogP contribution in [0.25, 0.3) is 0 Å². The van der Waals surface area contributed by atoms with Gasteiger partial charge in [-0.1, -0.05) is 30.3 Å². The molecule has 0 aliphatic carbocycles. The van der Waals surface area contributed by atoms with Crippen molar-refractivity contribution in [1.29, 1.82) is 0 Å². The highest BCUT2D eigenvalue weighted by molar-refractivity contribution is 7.84. The number of hydrogen-bond acceptors (Lipinski definition) is 3. The number of rotatable bonds is 6. The molecule has 0 aromatic heterocycles. The molecular formula is C15H23NO3S. The number of nitrogens with one attached hydrogen (secondary N) is 1. The Morgan fingerprint density at radius 1 is 1.30 bits per heavy atom. The Morgan fingerprint density at radius 3 is 2.40 bits per heavy atom. The summed E-state index contributed by atoms with van der Waals surface area (Å²) in [6.07, 6.45) is 0.460. The van der Waals surface area contributed by atoms with Crippen LogP contribution in [0.4, 0.5) is 0 Å². The average Bonchev–Trinajstić information content (AvgIpc) is 2.38. The summed E-state index contributed by atoms with van der Waals surface area (Å²) in [5, 5.41) is 0. The average molecular weight is 297 g/mol. The first-order chi connectivity index (χ1) is 9.34. The van der Waals surface area contributed by atoms with Gasteiger partial charge in [-0.2, -0.15) is 0 Å². The van der Waals surface area contributed by atoms with Crippen molar-refractivity contribution in [2.75, 3.05) is 6.61 Å². The molecule has 0 amide bonds. The van der Waals surface area contributed by atoms with E-state index in [4.69, 9.17) is 4.74 Å². The monoisotopic (exact) mass is 297 g/mol. The standard InChI is InChI=1S/C15H23NO3S/c1-5-19-14(17)13(16-20(18)15(2,3)4)11-12-9-7-6-8-10-12/h6-10,13,16H,5,11H2,1-4H3. The van der Waals surface area contributed by atoms with Crippen LogP contribution in [0.2, 0.25) is 0 Å². The minimum absolute atomic E-state index is 0.313. The van der Waals surface area contributed by atoms with Gasteiger partial charge in [0.1, 0.15) is 6.04 Å². The van der Waals surface area contributed by atoms with Gasteiger partial charge in [-0.05, 0) is 39.7 Å². The molecule has 0 radical (unpaired) electrons. The Labute approximate surface area is 123 Å². The van der Waals surface area contributed by atoms with Crippen LogP contribution in [-0.2, 0) is 26.9 Å². The maximum Gasteiger partial charge on any atom is 0.324 e. The smallest absolute Gasteiger partial charge is 0.324 e. The first-order valence-corrected chi connectivity index (χ1v) is 7.88. The fourth-order valence-electron chi connectivity index (χ4n) is 1.57. The molecule has 1 rings (SSSR count). The molecule has 0 heterocycles. The lowest BCUT2D eigenvalue weighted by molar-refractivity contribution is -0.145. The highest BCUT2D eigenvalue weighted by Crippen LogP contribution is 2.12. The highest BCUT2D eigenvalue weighted by Gasteiger charge is 2.27. The summed E-state index contributed by atoms with van der Waals surface area (Å²) in [4.78, 5) is 12.0. The minimum atomic E-state index is -1.32. The van der Waals surface area contributed by atoms with E-state index in [0.29, 0.717) is 13.0 Å². The molecule has 2 unspecified atom stereocenters. The number of hydrogen-bond donors (Lipinski definition) is 1. The van der Waals surface area contributed by atoms with Gasteiger partial charge in [0.2, 0.25) is 0 Å². The summed E-state index contributed by atoms with van der Waals surface area (Å²) in [6.45, 7) is 7.66. The molecule has 20 heavy (non-hydrogen) atoms. The molecule has 0 spiro atoms.